The predicted molar refractivity (Wildman–Crippen MR) is 162 cm³/mol. The number of carboxylic acid groups (broad SMARTS) is 1. The first-order valence-corrected chi connectivity index (χ1v) is 15.5. The number of phenols is 1. The van der Waals surface area contributed by atoms with Gasteiger partial charge < -0.3 is 19.8 Å². The minimum Gasteiger partial charge on any atom is -0.508 e. The van der Waals surface area contributed by atoms with Crippen molar-refractivity contribution in [2.75, 3.05) is 37.7 Å². The number of halogens is 3. The highest BCUT2D eigenvalue weighted by Gasteiger charge is 2.49. The summed E-state index contributed by atoms with van der Waals surface area (Å²) in [5.41, 5.74) is -0.0464. The molecule has 5 heterocycles. The molecule has 0 unspecified atom stereocenters. The number of rotatable bonds is 7. The van der Waals surface area contributed by atoms with Gasteiger partial charge in [0.05, 0.1) is 16.8 Å². The number of hydrogen-bond donors (Lipinski definition) is 2. The molecule has 7 rings (SSSR count). The van der Waals surface area contributed by atoms with Crippen molar-refractivity contribution in [3.05, 3.63) is 47.7 Å². The van der Waals surface area contributed by atoms with Gasteiger partial charge in [-0.15, -0.1) is 0 Å². The van der Waals surface area contributed by atoms with Gasteiger partial charge in [0.15, 0.2) is 5.82 Å². The minimum absolute atomic E-state index is 0.0677. The number of aromatic hydroxyl groups is 1. The van der Waals surface area contributed by atoms with Crippen LogP contribution in [-0.2, 0) is 11.2 Å². The Morgan fingerprint density at radius 3 is 2.71 bits per heavy atom. The zero-order chi connectivity index (χ0) is 31.5. The molecular weight excluding hydrogens is 587 g/mol. The maximum absolute atomic E-state index is 16.7. The first-order valence-electron chi connectivity index (χ1n) is 15.5. The lowest BCUT2D eigenvalue weighted by Crippen LogP contribution is -2.43. The Bertz CT molecular complexity index is 1820. The van der Waals surface area contributed by atoms with Crippen molar-refractivity contribution >= 4 is 33.5 Å². The van der Waals surface area contributed by atoms with Gasteiger partial charge in [-0.1, -0.05) is 13.0 Å². The van der Waals surface area contributed by atoms with E-state index < -0.39 is 35.2 Å². The Labute approximate surface area is 257 Å². The predicted octanol–water partition coefficient (Wildman–Crippen LogP) is 5.65. The second-order valence-corrected chi connectivity index (χ2v) is 12.4. The van der Waals surface area contributed by atoms with Crippen LogP contribution in [0.3, 0.4) is 0 Å². The molecule has 0 bridgehead atoms. The van der Waals surface area contributed by atoms with Gasteiger partial charge in [-0.2, -0.15) is 9.97 Å². The molecule has 2 aromatic heterocycles. The fourth-order valence-electron chi connectivity index (χ4n) is 7.53. The van der Waals surface area contributed by atoms with Crippen LogP contribution < -0.4 is 9.64 Å². The number of piperidine rings is 1. The molecule has 3 saturated heterocycles. The van der Waals surface area contributed by atoms with Crippen molar-refractivity contribution in [3.63, 3.8) is 0 Å². The second kappa shape index (κ2) is 11.3. The molecule has 4 aromatic rings. The molecule has 236 valence electrons. The van der Waals surface area contributed by atoms with Gasteiger partial charge >= 0.3 is 12.0 Å². The number of aryl methyl sites for hydroxylation is 1. The quantitative estimate of drug-likeness (QED) is 0.271. The molecular formula is C33H34F3N5O4. The maximum atomic E-state index is 16.7. The van der Waals surface area contributed by atoms with Gasteiger partial charge in [-0.05, 0) is 73.2 Å². The average Bonchev–Trinajstić information content (AvgIpc) is 3.55. The van der Waals surface area contributed by atoms with E-state index in [0.29, 0.717) is 72.9 Å². The number of nitrogens with zero attached hydrogens (tertiary/aromatic N) is 5. The van der Waals surface area contributed by atoms with E-state index in [1.54, 1.807) is 6.92 Å². The number of aliphatic carboxylic acids is 1. The number of ether oxygens (including phenoxy) is 1. The summed E-state index contributed by atoms with van der Waals surface area (Å²) in [5, 5.41) is 21.3. The number of fused-ring (bicyclic) bond motifs is 3. The molecule has 2 aromatic carbocycles. The van der Waals surface area contributed by atoms with Crippen molar-refractivity contribution < 1.29 is 32.9 Å². The van der Waals surface area contributed by atoms with E-state index in [9.17, 15) is 23.8 Å². The summed E-state index contributed by atoms with van der Waals surface area (Å²) in [4.78, 5) is 29.2. The molecule has 0 spiro atoms. The van der Waals surface area contributed by atoms with Gasteiger partial charge in [0.25, 0.3) is 0 Å². The Morgan fingerprint density at radius 2 is 1.96 bits per heavy atom. The van der Waals surface area contributed by atoms with E-state index in [1.165, 1.54) is 30.5 Å². The van der Waals surface area contributed by atoms with E-state index in [2.05, 4.69) is 19.9 Å². The number of carboxylic acids is 1. The normalized spacial score (nSPS) is 22.4. The summed E-state index contributed by atoms with van der Waals surface area (Å²) in [5.74, 6) is -2.32. The largest absolute Gasteiger partial charge is 0.508 e. The molecule has 0 aliphatic carbocycles. The van der Waals surface area contributed by atoms with Crippen LogP contribution in [0.2, 0.25) is 0 Å². The zero-order valence-corrected chi connectivity index (χ0v) is 24.9. The van der Waals surface area contributed by atoms with E-state index in [1.807, 2.05) is 4.90 Å². The van der Waals surface area contributed by atoms with Gasteiger partial charge in [-0.25, -0.2) is 13.2 Å². The van der Waals surface area contributed by atoms with Crippen molar-refractivity contribution in [2.45, 2.75) is 57.2 Å². The van der Waals surface area contributed by atoms with Crippen LogP contribution in [-0.4, -0.2) is 80.5 Å². The maximum Gasteiger partial charge on any atom is 0.319 e. The summed E-state index contributed by atoms with van der Waals surface area (Å²) >= 11 is 0. The van der Waals surface area contributed by atoms with E-state index >= 15 is 4.39 Å². The third-order valence-corrected chi connectivity index (χ3v) is 9.78. The van der Waals surface area contributed by atoms with Crippen LogP contribution >= 0.6 is 0 Å². The van der Waals surface area contributed by atoms with Crippen LogP contribution in [0, 0.1) is 17.6 Å². The van der Waals surface area contributed by atoms with Crippen molar-refractivity contribution in [3.8, 4) is 23.0 Å². The lowest BCUT2D eigenvalue weighted by Gasteiger charge is -2.32. The lowest BCUT2D eigenvalue weighted by atomic mass is 9.94. The van der Waals surface area contributed by atoms with Crippen molar-refractivity contribution in [1.82, 2.24) is 19.9 Å². The van der Waals surface area contributed by atoms with Gasteiger partial charge in [-0.3, -0.25) is 14.7 Å². The Kier molecular flexibility index (Phi) is 7.42. The number of hydrogen-bond acceptors (Lipinski definition) is 8. The molecule has 3 aliphatic rings. The molecule has 0 radical (unpaired) electrons. The number of benzene rings is 2. The molecule has 2 atom stereocenters. The number of pyridine rings is 1. The fourth-order valence-corrected chi connectivity index (χ4v) is 7.53. The number of carbonyl (C=O) groups is 1. The van der Waals surface area contributed by atoms with Crippen LogP contribution in [0.5, 0.6) is 11.8 Å². The number of anilines is 1. The summed E-state index contributed by atoms with van der Waals surface area (Å²) in [7, 11) is 0. The smallest absolute Gasteiger partial charge is 0.319 e. The summed E-state index contributed by atoms with van der Waals surface area (Å²) in [6.45, 7) is 3.85. The van der Waals surface area contributed by atoms with Gasteiger partial charge in [0, 0.05) is 37.8 Å². The van der Waals surface area contributed by atoms with Gasteiger partial charge in [0.2, 0.25) is 0 Å². The Balaban J connectivity index is 1.35. The molecule has 3 aliphatic heterocycles. The molecule has 3 fully saturated rings. The van der Waals surface area contributed by atoms with E-state index in [4.69, 9.17) is 4.74 Å². The van der Waals surface area contributed by atoms with Crippen LogP contribution in [0.4, 0.5) is 19.0 Å². The SMILES string of the molecule is CCc1c(F)ccc2cc(O)cc(-c3ncc4c(N5CCC(C(=O)O)CC5)nc(OC[C@@]56CCCN5C[C@H](F)C6)nc4c3F)c12. The lowest BCUT2D eigenvalue weighted by molar-refractivity contribution is -0.142. The highest BCUT2D eigenvalue weighted by atomic mass is 19.1. The number of alkyl halides is 1. The first kappa shape index (κ1) is 29.5. The topological polar surface area (TPSA) is 112 Å². The molecule has 9 nitrogen and oxygen atoms in total. The van der Waals surface area contributed by atoms with Crippen LogP contribution in [0.15, 0.2) is 30.5 Å². The Morgan fingerprint density at radius 1 is 1.16 bits per heavy atom. The minimum atomic E-state index is -0.946. The number of phenolic OH excluding ortho intramolecular Hbond substituents is 1. The van der Waals surface area contributed by atoms with E-state index in [-0.39, 0.29) is 35.1 Å². The third-order valence-electron chi connectivity index (χ3n) is 9.78. The molecule has 12 heteroatoms. The monoisotopic (exact) mass is 621 g/mol. The molecule has 45 heavy (non-hydrogen) atoms. The summed E-state index contributed by atoms with van der Waals surface area (Å²) in [6.07, 6.45) is 3.69. The molecule has 0 amide bonds. The van der Waals surface area contributed by atoms with Crippen LogP contribution in [0.1, 0.15) is 44.6 Å². The van der Waals surface area contributed by atoms with Crippen molar-refractivity contribution in [1.29, 1.82) is 0 Å². The fraction of sp³-hybridized carbons (Fsp3) is 0.455. The standard InChI is InChI=1S/C33H34F3N5O4/c1-2-22-25(35)5-4-19-12-21(42)13-23(26(19)22)28-27(36)29-24(15-37-28)30(40-10-6-18(7-11-40)31(43)44)39-32(38-29)45-17-33-8-3-9-41(33)16-20(34)14-33/h4-5,12-13,15,18,20,42H,2-3,6-11,14,16-17H2,1H3,(H,43,44)/t20-,33+/m1/s1. The Hall–Kier alpha value is -4.19. The highest BCUT2D eigenvalue weighted by molar-refractivity contribution is 6.01. The van der Waals surface area contributed by atoms with Gasteiger partial charge in [0.1, 0.15) is 41.4 Å². The highest BCUT2D eigenvalue weighted by Crippen LogP contribution is 2.42. The third kappa shape index (κ3) is 5.08. The summed E-state index contributed by atoms with van der Waals surface area (Å²) in [6, 6.07) is 5.66. The van der Waals surface area contributed by atoms with E-state index in [0.717, 1.165) is 19.4 Å². The zero-order valence-electron chi connectivity index (χ0n) is 24.9. The first-order chi connectivity index (χ1) is 21.7. The molecule has 2 N–H and O–H groups in total. The molecule has 0 saturated carbocycles. The second-order valence-electron chi connectivity index (χ2n) is 12.4. The van der Waals surface area contributed by atoms with Crippen LogP contribution in [0.25, 0.3) is 32.9 Å². The van der Waals surface area contributed by atoms with Crippen molar-refractivity contribution in [2.24, 2.45) is 5.92 Å². The average molecular weight is 622 g/mol. The number of aromatic nitrogens is 3. The summed E-state index contributed by atoms with van der Waals surface area (Å²) < 4.78 is 52.2.